The molecule has 2 aromatic rings. The van der Waals surface area contributed by atoms with Crippen LogP contribution >= 0.6 is 0 Å². The molecule has 0 aliphatic carbocycles. The molecule has 0 fully saturated rings. The maximum absolute atomic E-state index is 12.6. The zero-order valence-electron chi connectivity index (χ0n) is 15.0. The third kappa shape index (κ3) is 6.89. The van der Waals surface area contributed by atoms with Gasteiger partial charge in [-0.05, 0) is 0 Å². The molecule has 2 nitrogen and oxygen atoms in total. The summed E-state index contributed by atoms with van der Waals surface area (Å²) in [6.45, 7) is 2.22. The van der Waals surface area contributed by atoms with E-state index in [0.717, 1.165) is 24.2 Å². The van der Waals surface area contributed by atoms with Crippen LogP contribution in [0.25, 0.3) is 0 Å². The molecule has 0 aliphatic heterocycles. The number of ketones is 1. The van der Waals surface area contributed by atoms with Gasteiger partial charge in [0.25, 0.3) is 0 Å². The van der Waals surface area contributed by atoms with Crippen LogP contribution in [0.15, 0.2) is 65.1 Å². The summed E-state index contributed by atoms with van der Waals surface area (Å²) < 4.78 is 7.75. The van der Waals surface area contributed by atoms with Crippen LogP contribution in [0.2, 0.25) is 0 Å². The summed E-state index contributed by atoms with van der Waals surface area (Å²) in [5.74, 6) is 0.861. The van der Waals surface area contributed by atoms with Gasteiger partial charge in [0.15, 0.2) is 0 Å². The van der Waals surface area contributed by atoms with E-state index in [4.69, 9.17) is 4.74 Å². The van der Waals surface area contributed by atoms with Gasteiger partial charge in [-0.1, -0.05) is 0 Å². The first-order valence-electron chi connectivity index (χ1n) is 8.84. The van der Waals surface area contributed by atoms with E-state index in [-0.39, 0.29) is 20.7 Å². The van der Waals surface area contributed by atoms with Crippen molar-refractivity contribution in [1.82, 2.24) is 0 Å². The Labute approximate surface area is 157 Å². The van der Waals surface area contributed by atoms with Gasteiger partial charge < -0.3 is 0 Å². The maximum atomic E-state index is 12.6. The molecule has 0 heterocycles. The molecular formula is C22H26O2Se. The van der Waals surface area contributed by atoms with Crippen LogP contribution in [0.5, 0.6) is 5.75 Å². The van der Waals surface area contributed by atoms with Gasteiger partial charge in [-0.3, -0.25) is 0 Å². The number of ether oxygens (including phenoxy) is 1. The van der Waals surface area contributed by atoms with Crippen LogP contribution in [0, 0.1) is 0 Å². The molecule has 0 saturated heterocycles. The minimum absolute atomic E-state index is 0.0888. The molecule has 0 atom stereocenters. The molecule has 0 aromatic heterocycles. The van der Waals surface area contributed by atoms with E-state index in [0.29, 0.717) is 0 Å². The van der Waals surface area contributed by atoms with Crippen molar-refractivity contribution in [1.29, 1.82) is 0 Å². The fourth-order valence-electron chi connectivity index (χ4n) is 2.50. The van der Waals surface area contributed by atoms with Crippen LogP contribution in [-0.2, 0) is 0 Å². The van der Waals surface area contributed by atoms with Gasteiger partial charge in [-0.15, -0.1) is 0 Å². The number of methoxy groups -OCH3 is 1. The zero-order valence-corrected chi connectivity index (χ0v) is 16.7. The SMILES string of the molecule is CCCCCC/C(=C/C(=O)c1ccc(OC)cc1)[Se]c1ccccc1. The van der Waals surface area contributed by atoms with Gasteiger partial charge in [-0.2, -0.15) is 0 Å². The Morgan fingerprint density at radius 1 is 1.00 bits per heavy atom. The number of rotatable bonds is 10. The van der Waals surface area contributed by atoms with Crippen molar-refractivity contribution < 1.29 is 9.53 Å². The molecule has 3 heteroatoms. The standard InChI is InChI=1S/C22H26O2Se/c1-3-4-5-7-12-21(25-20-10-8-6-9-11-20)17-22(23)18-13-15-19(24-2)16-14-18/h6,8-11,13-17H,3-5,7,12H2,1-2H3/b21-17-. The van der Waals surface area contributed by atoms with E-state index >= 15 is 0 Å². The van der Waals surface area contributed by atoms with Crippen LogP contribution in [0.4, 0.5) is 0 Å². The van der Waals surface area contributed by atoms with E-state index in [9.17, 15) is 4.79 Å². The number of hydrogen-bond acceptors (Lipinski definition) is 2. The second-order valence-electron chi connectivity index (χ2n) is 5.93. The van der Waals surface area contributed by atoms with Gasteiger partial charge in [-0.25, -0.2) is 0 Å². The third-order valence-electron chi connectivity index (χ3n) is 3.94. The summed E-state index contributed by atoms with van der Waals surface area (Å²) in [5.41, 5.74) is 0.718. The molecule has 0 aliphatic rings. The fraction of sp³-hybridized carbons (Fsp3) is 0.318. The Balaban J connectivity index is 2.10. The van der Waals surface area contributed by atoms with Gasteiger partial charge in [0, 0.05) is 0 Å². The molecule has 0 N–H and O–H groups in total. The van der Waals surface area contributed by atoms with Gasteiger partial charge in [0.1, 0.15) is 0 Å². The van der Waals surface area contributed by atoms with Crippen molar-refractivity contribution in [2.75, 3.05) is 7.11 Å². The second-order valence-corrected chi connectivity index (χ2v) is 8.45. The Morgan fingerprint density at radius 2 is 1.72 bits per heavy atom. The number of carbonyl (C=O) groups is 1. The third-order valence-corrected chi connectivity index (χ3v) is 6.23. The first-order valence-corrected chi connectivity index (χ1v) is 10.6. The van der Waals surface area contributed by atoms with E-state index in [1.807, 2.05) is 36.4 Å². The van der Waals surface area contributed by atoms with E-state index in [1.165, 1.54) is 28.2 Å². The van der Waals surface area contributed by atoms with Crippen molar-refractivity contribution in [2.45, 2.75) is 39.0 Å². The van der Waals surface area contributed by atoms with Crippen molar-refractivity contribution in [2.24, 2.45) is 0 Å². The van der Waals surface area contributed by atoms with Crippen LogP contribution in [-0.4, -0.2) is 27.8 Å². The summed E-state index contributed by atoms with van der Waals surface area (Å²) in [4.78, 5) is 12.6. The van der Waals surface area contributed by atoms with Gasteiger partial charge in [0.2, 0.25) is 0 Å². The Kier molecular flexibility index (Phi) is 8.51. The molecule has 2 aromatic carbocycles. The molecule has 0 radical (unpaired) electrons. The molecule has 0 amide bonds. The van der Waals surface area contributed by atoms with E-state index < -0.39 is 0 Å². The summed E-state index contributed by atoms with van der Waals surface area (Å²) >= 11 is 0.204. The van der Waals surface area contributed by atoms with Crippen molar-refractivity contribution in [3.8, 4) is 5.75 Å². The van der Waals surface area contributed by atoms with Crippen LogP contribution < -0.4 is 9.20 Å². The van der Waals surface area contributed by atoms with Gasteiger partial charge in [0.05, 0.1) is 0 Å². The summed E-state index contributed by atoms with van der Waals surface area (Å²) in [6.07, 6.45) is 7.75. The predicted octanol–water partition coefficient (Wildman–Crippen LogP) is 4.76. The average Bonchev–Trinajstić information content (AvgIpc) is 2.66. The Bertz CT molecular complexity index is 675. The topological polar surface area (TPSA) is 26.3 Å². The zero-order chi connectivity index (χ0) is 17.9. The summed E-state index contributed by atoms with van der Waals surface area (Å²) in [7, 11) is 1.63. The number of hydrogen-bond donors (Lipinski definition) is 0. The minimum atomic E-state index is 0.0888. The average molecular weight is 401 g/mol. The normalized spacial score (nSPS) is 11.4. The monoisotopic (exact) mass is 402 g/mol. The number of allylic oxidation sites excluding steroid dienone is 2. The molecule has 25 heavy (non-hydrogen) atoms. The molecule has 132 valence electrons. The Morgan fingerprint density at radius 3 is 2.36 bits per heavy atom. The Hall–Kier alpha value is -1.83. The van der Waals surface area contributed by atoms with Crippen molar-refractivity contribution in [3.63, 3.8) is 0 Å². The first-order chi connectivity index (χ1) is 12.2. The second kappa shape index (κ2) is 10.9. The quantitative estimate of drug-likeness (QED) is 0.248. The molecule has 0 spiro atoms. The number of unbranched alkanes of at least 4 members (excludes halogenated alkanes) is 3. The molecule has 2 rings (SSSR count). The van der Waals surface area contributed by atoms with Crippen molar-refractivity contribution in [3.05, 3.63) is 70.7 Å². The number of carbonyl (C=O) groups excluding carboxylic acids is 1. The first kappa shape index (κ1) is 19.5. The van der Waals surface area contributed by atoms with Crippen molar-refractivity contribution >= 4 is 25.2 Å². The summed E-state index contributed by atoms with van der Waals surface area (Å²) in [6, 6.07) is 17.8. The van der Waals surface area contributed by atoms with Crippen LogP contribution in [0.3, 0.4) is 0 Å². The van der Waals surface area contributed by atoms with Gasteiger partial charge >= 0.3 is 157 Å². The summed E-state index contributed by atoms with van der Waals surface area (Å²) in [5, 5.41) is 0. The predicted molar refractivity (Wildman–Crippen MR) is 106 cm³/mol. The fourth-order valence-corrected chi connectivity index (χ4v) is 4.62. The van der Waals surface area contributed by atoms with Crippen LogP contribution in [0.1, 0.15) is 49.4 Å². The molecule has 0 unspecified atom stereocenters. The van der Waals surface area contributed by atoms with E-state index in [2.05, 4.69) is 31.2 Å². The number of benzene rings is 2. The van der Waals surface area contributed by atoms with E-state index in [1.54, 1.807) is 7.11 Å². The molecule has 0 bridgehead atoms. The molecular weight excluding hydrogens is 375 g/mol. The molecule has 0 saturated carbocycles.